The number of anilines is 1. The van der Waals surface area contributed by atoms with Gasteiger partial charge in [0.1, 0.15) is 17.2 Å². The zero-order valence-electron chi connectivity index (χ0n) is 23.4. The Bertz CT molecular complexity index is 1470. The Hall–Kier alpha value is -3.72. The van der Waals surface area contributed by atoms with Crippen LogP contribution in [0.3, 0.4) is 0 Å². The molecule has 8 nitrogen and oxygen atoms in total. The first-order chi connectivity index (χ1) is 18.5. The highest BCUT2D eigenvalue weighted by Crippen LogP contribution is 2.38. The van der Waals surface area contributed by atoms with Gasteiger partial charge in [-0.3, -0.25) is 9.10 Å². The van der Waals surface area contributed by atoms with Gasteiger partial charge >= 0.3 is 0 Å². The minimum Gasteiger partial charge on any atom is -0.497 e. The summed E-state index contributed by atoms with van der Waals surface area (Å²) in [6.07, 6.45) is -1.04. The number of hydrogen-bond donors (Lipinski definition) is 1. The van der Waals surface area contributed by atoms with E-state index in [0.717, 1.165) is 28.0 Å². The first-order valence-corrected chi connectivity index (χ1v) is 14.3. The van der Waals surface area contributed by atoms with Crippen LogP contribution in [0.2, 0.25) is 0 Å². The number of sulfonamides is 1. The van der Waals surface area contributed by atoms with Crippen molar-refractivity contribution in [2.75, 3.05) is 25.1 Å². The number of hydrogen-bond acceptors (Lipinski definition) is 6. The van der Waals surface area contributed by atoms with Crippen molar-refractivity contribution < 1.29 is 27.4 Å². The number of benzene rings is 3. The molecule has 208 valence electrons. The molecule has 0 aliphatic carbocycles. The molecule has 0 spiro atoms. The number of nitrogens with one attached hydrogen (secondary N) is 1. The Balaban J connectivity index is 1.64. The molecule has 0 aromatic heterocycles. The molecule has 0 saturated heterocycles. The fourth-order valence-corrected chi connectivity index (χ4v) is 6.27. The molecular weight excluding hydrogens is 516 g/mol. The maximum absolute atomic E-state index is 13.7. The molecule has 1 heterocycles. The van der Waals surface area contributed by atoms with Gasteiger partial charge in [-0.1, -0.05) is 19.9 Å². The van der Waals surface area contributed by atoms with Crippen LogP contribution in [-0.2, 0) is 14.8 Å². The molecule has 1 amide bonds. The summed E-state index contributed by atoms with van der Waals surface area (Å²) in [5.74, 6) is 1.54. The quantitative estimate of drug-likeness (QED) is 0.409. The smallest absolute Gasteiger partial charge is 0.264 e. The lowest BCUT2D eigenvalue weighted by molar-refractivity contribution is -0.128. The van der Waals surface area contributed by atoms with Crippen LogP contribution in [0.25, 0.3) is 0 Å². The molecule has 3 aromatic carbocycles. The Morgan fingerprint density at radius 1 is 0.974 bits per heavy atom. The maximum atomic E-state index is 13.7. The third-order valence-corrected chi connectivity index (χ3v) is 8.78. The molecule has 0 bridgehead atoms. The molecule has 9 heteroatoms. The summed E-state index contributed by atoms with van der Waals surface area (Å²) in [6.45, 7) is 9.78. The van der Waals surface area contributed by atoms with E-state index in [1.165, 1.54) is 23.5 Å². The first kappa shape index (κ1) is 28.3. The van der Waals surface area contributed by atoms with E-state index in [-0.39, 0.29) is 23.4 Å². The van der Waals surface area contributed by atoms with Crippen LogP contribution >= 0.6 is 0 Å². The van der Waals surface area contributed by atoms with Gasteiger partial charge in [-0.25, -0.2) is 8.42 Å². The predicted molar refractivity (Wildman–Crippen MR) is 151 cm³/mol. The Kier molecular flexibility index (Phi) is 8.11. The van der Waals surface area contributed by atoms with Gasteiger partial charge in [-0.05, 0) is 97.5 Å². The van der Waals surface area contributed by atoms with Gasteiger partial charge in [-0.15, -0.1) is 0 Å². The summed E-state index contributed by atoms with van der Waals surface area (Å²) in [5.41, 5.74) is 4.27. The predicted octanol–water partition coefficient (Wildman–Crippen LogP) is 5.28. The molecule has 3 aromatic rings. The summed E-state index contributed by atoms with van der Waals surface area (Å²) < 4.78 is 45.5. The minimum absolute atomic E-state index is 0.0966. The molecule has 1 aliphatic rings. The van der Waals surface area contributed by atoms with Crippen molar-refractivity contribution in [1.29, 1.82) is 0 Å². The van der Waals surface area contributed by atoms with E-state index in [1.807, 2.05) is 32.9 Å². The Morgan fingerprint density at radius 3 is 2.28 bits per heavy atom. The van der Waals surface area contributed by atoms with Crippen molar-refractivity contribution in [2.45, 2.75) is 57.6 Å². The molecule has 0 fully saturated rings. The van der Waals surface area contributed by atoms with Crippen LogP contribution in [0.15, 0.2) is 59.5 Å². The largest absolute Gasteiger partial charge is 0.497 e. The van der Waals surface area contributed by atoms with E-state index in [9.17, 15) is 13.2 Å². The molecule has 0 radical (unpaired) electrons. The summed E-state index contributed by atoms with van der Waals surface area (Å²) in [6, 6.07) is 15.1. The average Bonchev–Trinajstić information content (AvgIpc) is 2.91. The SMILES string of the molecule is COc1ccc(S(=O)(=O)N2C[C@@H](C(=O)N[C@H](C)c3cc(C(C)C)c(OC)cc3C)Oc3cc(C)ccc32)cc1. The average molecular weight is 553 g/mol. The standard InChI is InChI=1S/C30H36N2O6S/c1-18(2)24-16-25(20(4)15-27(24)37-7)21(5)31-30(33)29-17-32(26-13-8-19(3)14-28(26)38-29)39(34,35)23-11-9-22(36-6)10-12-23/h8-16,18,21,29H,17H2,1-7H3,(H,31,33)/t21-,29+/m1/s1. The summed E-state index contributed by atoms with van der Waals surface area (Å²) in [5, 5.41) is 3.04. The highest BCUT2D eigenvalue weighted by molar-refractivity contribution is 7.92. The van der Waals surface area contributed by atoms with Gasteiger partial charge < -0.3 is 19.5 Å². The van der Waals surface area contributed by atoms with Crippen molar-refractivity contribution in [3.63, 3.8) is 0 Å². The fraction of sp³-hybridized carbons (Fsp3) is 0.367. The number of carbonyl (C=O) groups excluding carboxylic acids is 1. The van der Waals surface area contributed by atoms with Gasteiger partial charge in [0.15, 0.2) is 6.10 Å². The first-order valence-electron chi connectivity index (χ1n) is 12.9. The Labute approximate surface area is 230 Å². The third-order valence-electron chi connectivity index (χ3n) is 6.99. The van der Waals surface area contributed by atoms with Crippen molar-refractivity contribution in [3.05, 3.63) is 76.9 Å². The molecule has 2 atom stereocenters. The number of aryl methyl sites for hydroxylation is 2. The molecule has 0 unspecified atom stereocenters. The molecule has 1 aliphatic heterocycles. The zero-order chi connectivity index (χ0) is 28.5. The molecule has 1 N–H and O–H groups in total. The Morgan fingerprint density at radius 2 is 1.67 bits per heavy atom. The van der Waals surface area contributed by atoms with E-state index in [1.54, 1.807) is 31.4 Å². The maximum Gasteiger partial charge on any atom is 0.264 e. The van der Waals surface area contributed by atoms with E-state index in [4.69, 9.17) is 14.2 Å². The summed E-state index contributed by atoms with van der Waals surface area (Å²) >= 11 is 0. The van der Waals surface area contributed by atoms with Gasteiger partial charge in [0.05, 0.1) is 37.4 Å². The molecule has 39 heavy (non-hydrogen) atoms. The number of amides is 1. The second kappa shape index (κ2) is 11.2. The van der Waals surface area contributed by atoms with Crippen LogP contribution in [0.1, 0.15) is 55.0 Å². The number of nitrogens with zero attached hydrogens (tertiary/aromatic N) is 1. The fourth-order valence-electron chi connectivity index (χ4n) is 4.79. The zero-order valence-corrected chi connectivity index (χ0v) is 24.3. The van der Waals surface area contributed by atoms with Gasteiger partial charge in [0.25, 0.3) is 15.9 Å². The second-order valence-corrected chi connectivity index (χ2v) is 12.0. The van der Waals surface area contributed by atoms with Gasteiger partial charge in [-0.2, -0.15) is 0 Å². The number of fused-ring (bicyclic) bond motifs is 1. The van der Waals surface area contributed by atoms with Gasteiger partial charge in [0, 0.05) is 0 Å². The van der Waals surface area contributed by atoms with E-state index >= 15 is 0 Å². The highest BCUT2D eigenvalue weighted by Gasteiger charge is 2.38. The number of rotatable bonds is 8. The normalized spacial score (nSPS) is 15.8. The van der Waals surface area contributed by atoms with Crippen LogP contribution in [0.4, 0.5) is 5.69 Å². The minimum atomic E-state index is -3.99. The summed E-state index contributed by atoms with van der Waals surface area (Å²) in [4.78, 5) is 13.6. The highest BCUT2D eigenvalue weighted by atomic mass is 32.2. The van der Waals surface area contributed by atoms with Crippen LogP contribution in [0, 0.1) is 13.8 Å². The lowest BCUT2D eigenvalue weighted by Crippen LogP contribution is -2.51. The van der Waals surface area contributed by atoms with Crippen LogP contribution in [-0.4, -0.2) is 41.2 Å². The van der Waals surface area contributed by atoms with Crippen molar-refractivity contribution >= 4 is 21.6 Å². The van der Waals surface area contributed by atoms with Crippen molar-refractivity contribution in [2.24, 2.45) is 0 Å². The third kappa shape index (κ3) is 5.68. The lowest BCUT2D eigenvalue weighted by atomic mass is 9.93. The molecular formula is C30H36N2O6S. The number of methoxy groups -OCH3 is 2. The van der Waals surface area contributed by atoms with E-state index in [0.29, 0.717) is 17.2 Å². The molecule has 4 rings (SSSR count). The van der Waals surface area contributed by atoms with Crippen molar-refractivity contribution in [1.82, 2.24) is 5.32 Å². The number of carbonyl (C=O) groups is 1. The van der Waals surface area contributed by atoms with Gasteiger partial charge in [0.2, 0.25) is 0 Å². The van der Waals surface area contributed by atoms with Crippen LogP contribution < -0.4 is 23.8 Å². The van der Waals surface area contributed by atoms with Crippen molar-refractivity contribution in [3.8, 4) is 17.2 Å². The lowest BCUT2D eigenvalue weighted by Gasteiger charge is -2.35. The summed E-state index contributed by atoms with van der Waals surface area (Å²) in [7, 11) is -0.817. The topological polar surface area (TPSA) is 94.2 Å². The van der Waals surface area contributed by atoms with Crippen LogP contribution in [0.5, 0.6) is 17.2 Å². The van der Waals surface area contributed by atoms with E-state index < -0.39 is 22.0 Å². The second-order valence-electron chi connectivity index (χ2n) is 10.1. The molecule has 0 saturated carbocycles. The van der Waals surface area contributed by atoms with E-state index in [2.05, 4.69) is 25.2 Å². The monoisotopic (exact) mass is 552 g/mol. The number of ether oxygens (including phenoxy) is 3.